The summed E-state index contributed by atoms with van der Waals surface area (Å²) in [5.74, 6) is 0. The number of hydrogen-bond donors (Lipinski definition) is 2. The maximum Gasteiger partial charge on any atom is 0.171 e. The number of thiocarbonyl (C=S) groups is 1. The summed E-state index contributed by atoms with van der Waals surface area (Å²) < 4.78 is 0. The van der Waals surface area contributed by atoms with Gasteiger partial charge in [-0.1, -0.05) is 61.8 Å². The summed E-state index contributed by atoms with van der Waals surface area (Å²) in [5, 5.41) is 8.02. The van der Waals surface area contributed by atoms with Gasteiger partial charge in [-0.3, -0.25) is 0 Å². The molecule has 1 atom stereocenters. The number of rotatable bonds is 7. The number of anilines is 1. The van der Waals surface area contributed by atoms with Crippen molar-refractivity contribution in [2.75, 3.05) is 25.0 Å². The van der Waals surface area contributed by atoms with Gasteiger partial charge in [0.1, 0.15) is 0 Å². The van der Waals surface area contributed by atoms with Crippen LogP contribution in [-0.2, 0) is 0 Å². The van der Waals surface area contributed by atoms with E-state index >= 15 is 0 Å². The number of benzene rings is 2. The lowest BCUT2D eigenvalue weighted by Crippen LogP contribution is -2.39. The van der Waals surface area contributed by atoms with E-state index in [-0.39, 0.29) is 6.04 Å². The molecule has 0 heterocycles. The smallest absolute Gasteiger partial charge is 0.171 e. The van der Waals surface area contributed by atoms with E-state index in [4.69, 9.17) is 23.8 Å². The molecule has 3 nitrogen and oxygen atoms in total. The number of likely N-dealkylation sites (N-methyl/N-ethyl adjacent to an activating group) is 1. The number of nitrogens with one attached hydrogen (secondary N) is 2. The van der Waals surface area contributed by atoms with E-state index < -0.39 is 0 Å². The maximum atomic E-state index is 6.40. The van der Waals surface area contributed by atoms with Crippen molar-refractivity contribution >= 4 is 34.6 Å². The molecule has 0 aromatic heterocycles. The van der Waals surface area contributed by atoms with Crippen LogP contribution in [0, 0.1) is 13.8 Å². The summed E-state index contributed by atoms with van der Waals surface area (Å²) in [5.41, 5.74) is 4.31. The Labute approximate surface area is 167 Å². The van der Waals surface area contributed by atoms with Gasteiger partial charge in [0.2, 0.25) is 0 Å². The Hall–Kier alpha value is -1.62. The molecule has 2 N–H and O–H groups in total. The van der Waals surface area contributed by atoms with Crippen LogP contribution in [-0.4, -0.2) is 29.6 Å². The molecule has 26 heavy (non-hydrogen) atoms. The molecule has 0 spiro atoms. The van der Waals surface area contributed by atoms with Gasteiger partial charge in [-0.2, -0.15) is 0 Å². The van der Waals surface area contributed by atoms with E-state index in [0.29, 0.717) is 10.1 Å². The lowest BCUT2D eigenvalue weighted by atomic mass is 10.1. The molecule has 2 aromatic rings. The summed E-state index contributed by atoms with van der Waals surface area (Å²) in [6.07, 6.45) is 0. The van der Waals surface area contributed by atoms with Crippen LogP contribution in [0.3, 0.4) is 0 Å². The van der Waals surface area contributed by atoms with Crippen molar-refractivity contribution in [3.05, 3.63) is 64.2 Å². The van der Waals surface area contributed by atoms with E-state index in [2.05, 4.69) is 59.7 Å². The second kappa shape index (κ2) is 9.91. The van der Waals surface area contributed by atoms with Crippen LogP contribution in [0.5, 0.6) is 0 Å². The number of nitrogens with zero attached hydrogens (tertiary/aromatic N) is 1. The summed E-state index contributed by atoms with van der Waals surface area (Å²) in [6, 6.07) is 14.6. The summed E-state index contributed by atoms with van der Waals surface area (Å²) >= 11 is 12.0. The van der Waals surface area contributed by atoms with E-state index in [1.54, 1.807) is 0 Å². The fourth-order valence-electron chi connectivity index (χ4n) is 3.04. The van der Waals surface area contributed by atoms with Gasteiger partial charge in [-0.15, -0.1) is 0 Å². The van der Waals surface area contributed by atoms with Crippen LogP contribution in [0.25, 0.3) is 0 Å². The van der Waals surface area contributed by atoms with Crippen LogP contribution < -0.4 is 10.6 Å². The first-order valence-electron chi connectivity index (χ1n) is 9.06. The first-order valence-corrected chi connectivity index (χ1v) is 9.84. The molecule has 0 aliphatic carbocycles. The Bertz CT molecular complexity index is 706. The highest BCUT2D eigenvalue weighted by Crippen LogP contribution is 2.27. The average Bonchev–Trinajstić information content (AvgIpc) is 2.62. The van der Waals surface area contributed by atoms with Gasteiger partial charge in [0, 0.05) is 6.54 Å². The molecule has 0 bridgehead atoms. The quantitative estimate of drug-likeness (QED) is 0.626. The lowest BCUT2D eigenvalue weighted by molar-refractivity contribution is 0.277. The van der Waals surface area contributed by atoms with Crippen molar-refractivity contribution in [1.82, 2.24) is 10.2 Å². The van der Waals surface area contributed by atoms with Gasteiger partial charge in [0.25, 0.3) is 0 Å². The minimum absolute atomic E-state index is 0.112. The zero-order valence-corrected chi connectivity index (χ0v) is 17.5. The zero-order chi connectivity index (χ0) is 19.1. The molecular weight excluding hydrogens is 362 g/mol. The molecule has 0 aliphatic heterocycles. The number of aryl methyl sites for hydroxylation is 2. The lowest BCUT2D eigenvalue weighted by Gasteiger charge is -2.28. The van der Waals surface area contributed by atoms with Crippen molar-refractivity contribution in [2.24, 2.45) is 0 Å². The van der Waals surface area contributed by atoms with E-state index in [1.165, 1.54) is 5.56 Å². The molecule has 0 amide bonds. The Kier molecular flexibility index (Phi) is 7.88. The zero-order valence-electron chi connectivity index (χ0n) is 16.0. The number of halogens is 1. The molecule has 0 saturated carbocycles. The van der Waals surface area contributed by atoms with Crippen LogP contribution in [0.4, 0.5) is 5.69 Å². The van der Waals surface area contributed by atoms with Gasteiger partial charge < -0.3 is 15.5 Å². The second-order valence-electron chi connectivity index (χ2n) is 6.49. The molecule has 0 radical (unpaired) electrons. The highest BCUT2D eigenvalue weighted by Gasteiger charge is 2.16. The molecule has 2 rings (SSSR count). The third-order valence-electron chi connectivity index (χ3n) is 4.51. The molecule has 0 unspecified atom stereocenters. The van der Waals surface area contributed by atoms with Crippen molar-refractivity contribution < 1.29 is 0 Å². The first-order chi connectivity index (χ1) is 12.4. The fraction of sp³-hybridized carbons (Fsp3) is 0.381. The SMILES string of the molecule is CCN(CC)C[C@H](NC(=S)Nc1c(C)cc(C)cc1Cl)c1ccccc1. The van der Waals surface area contributed by atoms with Crippen molar-refractivity contribution in [2.45, 2.75) is 33.7 Å². The minimum Gasteiger partial charge on any atom is -0.354 e. The average molecular weight is 390 g/mol. The Morgan fingerprint density at radius 2 is 1.77 bits per heavy atom. The van der Waals surface area contributed by atoms with Crippen LogP contribution >= 0.6 is 23.8 Å². The largest absolute Gasteiger partial charge is 0.354 e. The Morgan fingerprint density at radius 1 is 1.12 bits per heavy atom. The highest BCUT2D eigenvalue weighted by molar-refractivity contribution is 7.80. The molecular formula is C21H28ClN3S. The Morgan fingerprint density at radius 3 is 2.35 bits per heavy atom. The highest BCUT2D eigenvalue weighted by atomic mass is 35.5. The standard InChI is InChI=1S/C21H28ClN3S/c1-5-25(6-2)14-19(17-10-8-7-9-11-17)23-21(26)24-20-16(4)12-15(3)13-18(20)22/h7-13,19H,5-6,14H2,1-4H3,(H2,23,24,26)/t19-/m0/s1. The van der Waals surface area contributed by atoms with Gasteiger partial charge in [0.15, 0.2) is 5.11 Å². The van der Waals surface area contributed by atoms with E-state index in [1.807, 2.05) is 26.0 Å². The van der Waals surface area contributed by atoms with Crippen LogP contribution in [0.2, 0.25) is 5.02 Å². The first kappa shape index (κ1) is 20.7. The van der Waals surface area contributed by atoms with Gasteiger partial charge in [-0.25, -0.2) is 0 Å². The monoisotopic (exact) mass is 389 g/mol. The van der Waals surface area contributed by atoms with Crippen molar-refractivity contribution in [3.63, 3.8) is 0 Å². The normalized spacial score (nSPS) is 12.1. The summed E-state index contributed by atoms with van der Waals surface area (Å²) in [6.45, 7) is 11.3. The molecule has 0 saturated heterocycles. The molecule has 2 aromatic carbocycles. The van der Waals surface area contributed by atoms with Crippen LogP contribution in [0.15, 0.2) is 42.5 Å². The summed E-state index contributed by atoms with van der Waals surface area (Å²) in [7, 11) is 0. The maximum absolute atomic E-state index is 6.40. The molecule has 5 heteroatoms. The molecule has 0 aliphatic rings. The summed E-state index contributed by atoms with van der Waals surface area (Å²) in [4.78, 5) is 2.39. The number of hydrogen-bond acceptors (Lipinski definition) is 2. The van der Waals surface area contributed by atoms with Gasteiger partial charge in [-0.05, 0) is 61.9 Å². The van der Waals surface area contributed by atoms with Gasteiger partial charge in [0.05, 0.1) is 16.8 Å². The minimum atomic E-state index is 0.112. The topological polar surface area (TPSA) is 27.3 Å². The third kappa shape index (κ3) is 5.70. The predicted molar refractivity (Wildman–Crippen MR) is 117 cm³/mol. The van der Waals surface area contributed by atoms with E-state index in [9.17, 15) is 0 Å². The fourth-order valence-corrected chi connectivity index (χ4v) is 3.65. The van der Waals surface area contributed by atoms with Crippen LogP contribution in [0.1, 0.15) is 36.6 Å². The van der Waals surface area contributed by atoms with Crippen molar-refractivity contribution in [3.8, 4) is 0 Å². The van der Waals surface area contributed by atoms with E-state index in [0.717, 1.165) is 36.4 Å². The molecule has 0 fully saturated rings. The Balaban J connectivity index is 2.16. The second-order valence-corrected chi connectivity index (χ2v) is 7.30. The van der Waals surface area contributed by atoms with Gasteiger partial charge >= 0.3 is 0 Å². The third-order valence-corrected chi connectivity index (χ3v) is 5.03. The van der Waals surface area contributed by atoms with Crippen molar-refractivity contribution in [1.29, 1.82) is 0 Å². The predicted octanol–water partition coefficient (Wildman–Crippen LogP) is 5.33. The molecule has 140 valence electrons.